The van der Waals surface area contributed by atoms with Gasteiger partial charge in [-0.2, -0.15) is 0 Å². The molecule has 1 aromatic heterocycles. The van der Waals surface area contributed by atoms with E-state index >= 15 is 0 Å². The zero-order chi connectivity index (χ0) is 18.4. The first-order valence-corrected chi connectivity index (χ1v) is 9.84. The molecule has 0 bridgehead atoms. The lowest BCUT2D eigenvalue weighted by Crippen LogP contribution is -2.41. The first-order chi connectivity index (χ1) is 12.6. The van der Waals surface area contributed by atoms with E-state index in [0.29, 0.717) is 31.2 Å². The van der Waals surface area contributed by atoms with E-state index in [1.165, 1.54) is 12.8 Å². The maximum atomic E-state index is 12.4. The fourth-order valence-electron chi connectivity index (χ4n) is 3.82. The molecule has 6 heteroatoms. The Kier molecular flexibility index (Phi) is 6.61. The van der Waals surface area contributed by atoms with E-state index in [9.17, 15) is 9.59 Å². The maximum absolute atomic E-state index is 12.4. The van der Waals surface area contributed by atoms with Gasteiger partial charge in [0.05, 0.1) is 0 Å². The molecule has 2 aliphatic heterocycles. The Morgan fingerprint density at radius 1 is 1.19 bits per heavy atom. The normalized spacial score (nSPS) is 19.3. The summed E-state index contributed by atoms with van der Waals surface area (Å²) < 4.78 is 0. The number of nitrogens with zero attached hydrogens (tertiary/aromatic N) is 2. The van der Waals surface area contributed by atoms with Crippen molar-refractivity contribution >= 4 is 17.6 Å². The number of aromatic nitrogens is 1. The SMILES string of the molecule is Cc1ccc(NC(=O)C2CCN(C(=O)CCC3CCNCC3)CC2)nc1. The van der Waals surface area contributed by atoms with Gasteiger partial charge in [-0.25, -0.2) is 4.98 Å². The third kappa shape index (κ3) is 5.27. The third-order valence-corrected chi connectivity index (χ3v) is 5.61. The number of hydrogen-bond acceptors (Lipinski definition) is 4. The molecule has 2 N–H and O–H groups in total. The van der Waals surface area contributed by atoms with Crippen molar-refractivity contribution in [3.63, 3.8) is 0 Å². The van der Waals surface area contributed by atoms with Crippen LogP contribution in [0.2, 0.25) is 0 Å². The number of likely N-dealkylation sites (tertiary alicyclic amines) is 1. The lowest BCUT2D eigenvalue weighted by Gasteiger charge is -2.32. The number of amides is 2. The van der Waals surface area contributed by atoms with Gasteiger partial charge in [0.15, 0.2) is 0 Å². The molecule has 1 aromatic rings. The predicted molar refractivity (Wildman–Crippen MR) is 102 cm³/mol. The van der Waals surface area contributed by atoms with Gasteiger partial charge in [0.1, 0.15) is 5.82 Å². The average Bonchev–Trinajstić information content (AvgIpc) is 2.69. The molecule has 2 fully saturated rings. The van der Waals surface area contributed by atoms with Gasteiger partial charge in [0.25, 0.3) is 0 Å². The van der Waals surface area contributed by atoms with Crippen LogP contribution < -0.4 is 10.6 Å². The van der Waals surface area contributed by atoms with Crippen LogP contribution in [0.25, 0.3) is 0 Å². The number of anilines is 1. The topological polar surface area (TPSA) is 74.3 Å². The van der Waals surface area contributed by atoms with Crippen LogP contribution in [-0.2, 0) is 9.59 Å². The van der Waals surface area contributed by atoms with Crippen LogP contribution >= 0.6 is 0 Å². The van der Waals surface area contributed by atoms with Crippen LogP contribution in [0.4, 0.5) is 5.82 Å². The molecule has 3 heterocycles. The molecular weight excluding hydrogens is 328 g/mol. The van der Waals surface area contributed by atoms with Crippen molar-refractivity contribution in [2.75, 3.05) is 31.5 Å². The zero-order valence-electron chi connectivity index (χ0n) is 15.7. The summed E-state index contributed by atoms with van der Waals surface area (Å²) in [5.74, 6) is 1.52. The van der Waals surface area contributed by atoms with E-state index in [1.54, 1.807) is 6.20 Å². The Morgan fingerprint density at radius 2 is 1.92 bits per heavy atom. The molecule has 26 heavy (non-hydrogen) atoms. The fraction of sp³-hybridized carbons (Fsp3) is 0.650. The standard InChI is InChI=1S/C20H30N4O2/c1-15-2-4-18(22-14-15)23-20(26)17-8-12-24(13-9-17)19(25)5-3-16-6-10-21-11-7-16/h2,4,14,16-17,21H,3,5-13H2,1H3,(H,22,23,26). The predicted octanol–water partition coefficient (Wildman–Crippen LogP) is 2.35. The molecule has 0 radical (unpaired) electrons. The highest BCUT2D eigenvalue weighted by atomic mass is 16.2. The summed E-state index contributed by atoms with van der Waals surface area (Å²) in [7, 11) is 0. The summed E-state index contributed by atoms with van der Waals surface area (Å²) in [5.41, 5.74) is 1.07. The van der Waals surface area contributed by atoms with E-state index < -0.39 is 0 Å². The largest absolute Gasteiger partial charge is 0.343 e. The number of hydrogen-bond donors (Lipinski definition) is 2. The molecule has 0 aliphatic carbocycles. The molecule has 0 saturated carbocycles. The first-order valence-electron chi connectivity index (χ1n) is 9.84. The highest BCUT2D eigenvalue weighted by Crippen LogP contribution is 2.22. The molecule has 2 saturated heterocycles. The third-order valence-electron chi connectivity index (χ3n) is 5.61. The van der Waals surface area contributed by atoms with E-state index in [-0.39, 0.29) is 17.7 Å². The number of carbonyl (C=O) groups is 2. The Morgan fingerprint density at radius 3 is 2.58 bits per heavy atom. The highest BCUT2D eigenvalue weighted by molar-refractivity contribution is 5.91. The van der Waals surface area contributed by atoms with Gasteiger partial charge >= 0.3 is 0 Å². The van der Waals surface area contributed by atoms with E-state index in [1.807, 2.05) is 24.0 Å². The lowest BCUT2D eigenvalue weighted by atomic mass is 9.92. The molecule has 0 aromatic carbocycles. The minimum absolute atomic E-state index is 0.0168. The summed E-state index contributed by atoms with van der Waals surface area (Å²) in [5, 5.41) is 6.26. The molecule has 2 amide bonds. The van der Waals surface area contributed by atoms with Crippen molar-refractivity contribution in [3.8, 4) is 0 Å². The molecule has 142 valence electrons. The second-order valence-electron chi connectivity index (χ2n) is 7.60. The summed E-state index contributed by atoms with van der Waals surface area (Å²) in [4.78, 5) is 31.0. The van der Waals surface area contributed by atoms with Gasteiger partial charge in [-0.1, -0.05) is 6.07 Å². The number of nitrogens with one attached hydrogen (secondary N) is 2. The van der Waals surface area contributed by atoms with E-state index in [2.05, 4.69) is 15.6 Å². The minimum Gasteiger partial charge on any atom is -0.343 e. The Balaban J connectivity index is 1.39. The van der Waals surface area contributed by atoms with Gasteiger partial charge in [0, 0.05) is 31.6 Å². The van der Waals surface area contributed by atoms with Crippen LogP contribution in [0.1, 0.15) is 44.1 Å². The van der Waals surface area contributed by atoms with Crippen LogP contribution in [0.3, 0.4) is 0 Å². The monoisotopic (exact) mass is 358 g/mol. The molecule has 6 nitrogen and oxygen atoms in total. The summed E-state index contributed by atoms with van der Waals surface area (Å²) in [6.45, 7) is 5.50. The first kappa shape index (κ1) is 18.8. The zero-order valence-corrected chi connectivity index (χ0v) is 15.7. The smallest absolute Gasteiger partial charge is 0.228 e. The fourth-order valence-corrected chi connectivity index (χ4v) is 3.82. The maximum Gasteiger partial charge on any atom is 0.228 e. The van der Waals surface area contributed by atoms with Gasteiger partial charge in [-0.3, -0.25) is 9.59 Å². The van der Waals surface area contributed by atoms with Crippen molar-refractivity contribution in [3.05, 3.63) is 23.9 Å². The second-order valence-corrected chi connectivity index (χ2v) is 7.60. The number of rotatable bonds is 5. The number of carbonyl (C=O) groups excluding carboxylic acids is 2. The molecule has 3 rings (SSSR count). The molecular formula is C20H30N4O2. The van der Waals surface area contributed by atoms with E-state index in [4.69, 9.17) is 0 Å². The minimum atomic E-state index is -0.0356. The average molecular weight is 358 g/mol. The van der Waals surface area contributed by atoms with Crippen LogP contribution in [0.15, 0.2) is 18.3 Å². The number of piperidine rings is 2. The number of aryl methyl sites for hydroxylation is 1. The van der Waals surface area contributed by atoms with Crippen LogP contribution in [0.5, 0.6) is 0 Å². The van der Waals surface area contributed by atoms with Crippen molar-refractivity contribution in [2.24, 2.45) is 11.8 Å². The number of pyridine rings is 1. The Labute approximate surface area is 155 Å². The summed E-state index contributed by atoms with van der Waals surface area (Å²) >= 11 is 0. The van der Waals surface area contributed by atoms with Gasteiger partial charge in [0.2, 0.25) is 11.8 Å². The Bertz CT molecular complexity index is 603. The van der Waals surface area contributed by atoms with Gasteiger partial charge < -0.3 is 15.5 Å². The van der Waals surface area contributed by atoms with Crippen LogP contribution in [0, 0.1) is 18.8 Å². The molecule has 2 aliphatic rings. The van der Waals surface area contributed by atoms with Crippen molar-refractivity contribution in [1.29, 1.82) is 0 Å². The van der Waals surface area contributed by atoms with Crippen molar-refractivity contribution < 1.29 is 9.59 Å². The molecule has 0 atom stereocenters. The van der Waals surface area contributed by atoms with E-state index in [0.717, 1.165) is 37.9 Å². The molecule has 0 unspecified atom stereocenters. The second kappa shape index (κ2) is 9.12. The van der Waals surface area contributed by atoms with Gasteiger partial charge in [-0.05, 0) is 69.7 Å². The Hall–Kier alpha value is -1.95. The summed E-state index contributed by atoms with van der Waals surface area (Å²) in [6, 6.07) is 3.76. The summed E-state index contributed by atoms with van der Waals surface area (Å²) in [6.07, 6.45) is 7.23. The quantitative estimate of drug-likeness (QED) is 0.847. The van der Waals surface area contributed by atoms with Crippen LogP contribution in [-0.4, -0.2) is 47.9 Å². The van der Waals surface area contributed by atoms with Crippen molar-refractivity contribution in [1.82, 2.24) is 15.2 Å². The van der Waals surface area contributed by atoms with Crippen molar-refractivity contribution in [2.45, 2.75) is 45.4 Å². The molecule has 0 spiro atoms. The lowest BCUT2D eigenvalue weighted by molar-refractivity contribution is -0.134. The van der Waals surface area contributed by atoms with Gasteiger partial charge in [-0.15, -0.1) is 0 Å². The highest BCUT2D eigenvalue weighted by Gasteiger charge is 2.27.